The second kappa shape index (κ2) is 16.4. The number of aromatic nitrogens is 2. The van der Waals surface area contributed by atoms with E-state index in [9.17, 15) is 0 Å². The summed E-state index contributed by atoms with van der Waals surface area (Å²) >= 11 is 1.86. The van der Waals surface area contributed by atoms with Crippen molar-refractivity contribution in [2.75, 3.05) is 0 Å². The number of rotatable bonds is 6. The Morgan fingerprint density at radius 3 is 1.00 bits per heavy atom. The van der Waals surface area contributed by atoms with Crippen LogP contribution in [-0.4, -0.2) is 9.97 Å². The van der Waals surface area contributed by atoms with Gasteiger partial charge < -0.3 is 0 Å². The number of thiophene rings is 1. The first-order chi connectivity index (χ1) is 36.7. The van der Waals surface area contributed by atoms with Gasteiger partial charge in [0.05, 0.1) is 20.8 Å². The molecule has 0 saturated heterocycles. The lowest BCUT2D eigenvalue weighted by Crippen LogP contribution is -2.14. The van der Waals surface area contributed by atoms with Crippen LogP contribution in [-0.2, 0) is 10.8 Å². The second-order valence-electron chi connectivity index (χ2n) is 21.6. The maximum Gasteiger partial charge on any atom is 0.109 e. The zero-order chi connectivity index (χ0) is 50.2. The van der Waals surface area contributed by atoms with E-state index >= 15 is 0 Å². The van der Waals surface area contributed by atoms with Crippen molar-refractivity contribution in [2.24, 2.45) is 0 Å². The molecule has 0 spiro atoms. The molecule has 0 saturated carbocycles. The van der Waals surface area contributed by atoms with E-state index < -0.39 is 0 Å². The number of hydrogen-bond acceptors (Lipinski definition) is 3. The molecule has 2 heterocycles. The highest BCUT2D eigenvalue weighted by atomic mass is 32.1. The molecule has 2 aromatic heterocycles. The molecule has 2 aliphatic rings. The van der Waals surface area contributed by atoms with Gasteiger partial charge in [-0.05, 0) is 112 Å². The van der Waals surface area contributed by atoms with Crippen LogP contribution in [0.3, 0.4) is 0 Å². The van der Waals surface area contributed by atoms with Crippen LogP contribution in [0, 0.1) is 0 Å². The van der Waals surface area contributed by atoms with Crippen molar-refractivity contribution in [2.45, 2.75) is 38.5 Å². The monoisotopic (exact) mass is 974 g/mol. The Kier molecular flexibility index (Phi) is 9.56. The molecule has 13 aromatic rings. The normalized spacial score (nSPS) is 13.8. The second-order valence-corrected chi connectivity index (χ2v) is 22.6. The molecule has 2 aliphatic carbocycles. The molecule has 0 atom stereocenters. The van der Waals surface area contributed by atoms with E-state index in [1.54, 1.807) is 0 Å². The maximum atomic E-state index is 5.98. The number of fused-ring (bicyclic) bond motifs is 13. The predicted octanol–water partition coefficient (Wildman–Crippen LogP) is 19.8. The lowest BCUT2D eigenvalue weighted by atomic mass is 9.82. The maximum absolute atomic E-state index is 5.98. The van der Waals surface area contributed by atoms with E-state index in [0.29, 0.717) is 0 Å². The molecule has 0 unspecified atom stereocenters. The molecule has 0 N–H and O–H groups in total. The summed E-state index contributed by atoms with van der Waals surface area (Å²) in [7, 11) is 0. The molecule has 3 heteroatoms. The zero-order valence-corrected chi connectivity index (χ0v) is 43.1. The summed E-state index contributed by atoms with van der Waals surface area (Å²) in [6.45, 7) is 9.47. The summed E-state index contributed by atoms with van der Waals surface area (Å²) in [5.41, 5.74) is 26.0. The van der Waals surface area contributed by atoms with Gasteiger partial charge in [-0.15, -0.1) is 11.3 Å². The minimum absolute atomic E-state index is 0.150. The Morgan fingerprint density at radius 1 is 0.267 bits per heavy atom. The average Bonchev–Trinajstić information content (AvgIpc) is 4.12. The van der Waals surface area contributed by atoms with E-state index in [2.05, 4.69) is 258 Å². The Bertz CT molecular complexity index is 4200. The van der Waals surface area contributed by atoms with Crippen molar-refractivity contribution in [1.82, 2.24) is 9.97 Å². The van der Waals surface area contributed by atoms with Crippen LogP contribution >= 0.6 is 11.3 Å². The van der Waals surface area contributed by atoms with Gasteiger partial charge in [-0.1, -0.05) is 246 Å². The number of benzene rings is 11. The Labute approximate surface area is 441 Å². The van der Waals surface area contributed by atoms with Gasteiger partial charge in [0.25, 0.3) is 0 Å². The Hall–Kier alpha value is -8.76. The van der Waals surface area contributed by atoms with Gasteiger partial charge in [0.1, 0.15) is 11.0 Å². The summed E-state index contributed by atoms with van der Waals surface area (Å²) in [5.74, 6) is 0. The van der Waals surface area contributed by atoms with Crippen LogP contribution in [0.15, 0.2) is 231 Å². The number of nitrogens with zero attached hydrogens (tertiary/aromatic N) is 2. The molecule has 2 nitrogen and oxygen atoms in total. The molecule has 11 aromatic carbocycles. The largest absolute Gasteiger partial charge is 0.242 e. The van der Waals surface area contributed by atoms with E-state index in [-0.39, 0.29) is 10.8 Å². The molecule has 15 rings (SSSR count). The first kappa shape index (κ1) is 43.8. The minimum atomic E-state index is -0.150. The molecule has 0 aliphatic heterocycles. The standard InChI is InChI=1S/C72H50N2S/c1-71(2)59-25-13-11-21-53(59)63-55(23-15-27-61(63)71)69-67-68(70(75-69)56-24-16-28-62-64(56)54-22-12-14-26-60(54)72(62,3)4)74-66-52-40-38-50(48-35-31-46(32-36-48)44-19-9-6-10-20-44)42-58(52)57-41-49(37-39-51(57)65(66)73-67)47-33-29-45(30-34-47)43-17-7-5-8-18-43/h5-42H,1-4H3. The first-order valence-electron chi connectivity index (χ1n) is 26.1. The van der Waals surface area contributed by atoms with Crippen LogP contribution in [0.5, 0.6) is 0 Å². The van der Waals surface area contributed by atoms with Gasteiger partial charge in [-0.2, -0.15) is 0 Å². The third-order valence-corrected chi connectivity index (χ3v) is 18.0. The van der Waals surface area contributed by atoms with E-state index in [1.165, 1.54) is 89.0 Å². The van der Waals surface area contributed by atoms with E-state index in [4.69, 9.17) is 9.97 Å². The highest BCUT2D eigenvalue weighted by Crippen LogP contribution is 2.58. The molecular weight excluding hydrogens is 925 g/mol. The minimum Gasteiger partial charge on any atom is -0.242 e. The smallest absolute Gasteiger partial charge is 0.109 e. The van der Waals surface area contributed by atoms with Gasteiger partial charge in [0.15, 0.2) is 0 Å². The highest BCUT2D eigenvalue weighted by molar-refractivity contribution is 7.21. The predicted molar refractivity (Wildman–Crippen MR) is 318 cm³/mol. The fourth-order valence-corrected chi connectivity index (χ4v) is 14.1. The van der Waals surface area contributed by atoms with Gasteiger partial charge >= 0.3 is 0 Å². The molecule has 0 bridgehead atoms. The molecular formula is C72H50N2S. The van der Waals surface area contributed by atoms with Crippen molar-refractivity contribution in [3.05, 3.63) is 253 Å². The third kappa shape index (κ3) is 6.57. The molecule has 354 valence electrons. The topological polar surface area (TPSA) is 25.8 Å². The van der Waals surface area contributed by atoms with Crippen LogP contribution in [0.2, 0.25) is 0 Å². The van der Waals surface area contributed by atoms with Crippen LogP contribution in [0.25, 0.3) is 131 Å². The molecule has 0 fully saturated rings. The average molecular weight is 975 g/mol. The molecule has 0 radical (unpaired) electrons. The summed E-state index contributed by atoms with van der Waals surface area (Å²) in [6, 6.07) is 85.0. The van der Waals surface area contributed by atoms with E-state index in [0.717, 1.165) is 64.5 Å². The lowest BCUT2D eigenvalue weighted by Gasteiger charge is -2.21. The Balaban J connectivity index is 1.01. The zero-order valence-electron chi connectivity index (χ0n) is 42.2. The van der Waals surface area contributed by atoms with Crippen LogP contribution in [0.4, 0.5) is 0 Å². The van der Waals surface area contributed by atoms with Crippen LogP contribution < -0.4 is 0 Å². The molecule has 0 amide bonds. The van der Waals surface area contributed by atoms with Gasteiger partial charge in [0.2, 0.25) is 0 Å². The van der Waals surface area contributed by atoms with Crippen molar-refractivity contribution >= 4 is 54.9 Å². The first-order valence-corrected chi connectivity index (χ1v) is 27.0. The molecule has 75 heavy (non-hydrogen) atoms. The fraction of sp³-hybridized carbons (Fsp3) is 0.0833. The summed E-state index contributed by atoms with van der Waals surface area (Å²) < 4.78 is 0. The van der Waals surface area contributed by atoms with Crippen molar-refractivity contribution in [3.8, 4) is 87.6 Å². The Morgan fingerprint density at radius 2 is 0.587 bits per heavy atom. The number of hydrogen-bond donors (Lipinski definition) is 0. The summed E-state index contributed by atoms with van der Waals surface area (Å²) in [6.07, 6.45) is 0. The van der Waals surface area contributed by atoms with Crippen molar-refractivity contribution in [1.29, 1.82) is 0 Å². The van der Waals surface area contributed by atoms with Gasteiger partial charge in [-0.25, -0.2) is 9.97 Å². The lowest BCUT2D eigenvalue weighted by molar-refractivity contribution is 0.660. The van der Waals surface area contributed by atoms with Crippen molar-refractivity contribution < 1.29 is 0 Å². The fourth-order valence-electron chi connectivity index (χ4n) is 12.9. The third-order valence-electron chi connectivity index (χ3n) is 16.7. The van der Waals surface area contributed by atoms with E-state index in [1.807, 2.05) is 11.3 Å². The summed E-state index contributed by atoms with van der Waals surface area (Å²) in [4.78, 5) is 14.3. The van der Waals surface area contributed by atoms with Gasteiger partial charge in [-0.3, -0.25) is 0 Å². The summed E-state index contributed by atoms with van der Waals surface area (Å²) in [5, 5.41) is 4.50. The van der Waals surface area contributed by atoms with Gasteiger partial charge in [0, 0.05) is 32.7 Å². The quantitative estimate of drug-likeness (QED) is 0.155. The highest BCUT2D eigenvalue weighted by Gasteiger charge is 2.39. The SMILES string of the molecule is CC1(C)c2ccccc2-c2c(-c3sc(-c4cccc5c4-c4ccccc4C5(C)C)c4nc5c6ccc(-c7ccc(-c8ccccc8)cc7)cc6c6cc(-c7ccc(-c8ccccc8)cc7)ccc6c5nc34)cccc21. The van der Waals surface area contributed by atoms with Crippen LogP contribution in [0.1, 0.15) is 49.9 Å². The van der Waals surface area contributed by atoms with Crippen molar-refractivity contribution in [3.63, 3.8) is 0 Å².